The van der Waals surface area contributed by atoms with Gasteiger partial charge in [0.15, 0.2) is 0 Å². The van der Waals surface area contributed by atoms with Crippen LogP contribution in [-0.2, 0) is 9.59 Å². The number of nitrogens with zero attached hydrogens (tertiary/aromatic N) is 2. The minimum Gasteiger partial charge on any atom is -0.481 e. The maximum Gasteiger partial charge on any atom is 0.313 e. The van der Waals surface area contributed by atoms with Gasteiger partial charge in [-0.05, 0) is 12.1 Å². The highest BCUT2D eigenvalue weighted by Crippen LogP contribution is 2.11. The summed E-state index contributed by atoms with van der Waals surface area (Å²) in [4.78, 5) is 27.2. The number of aliphatic carboxylic acids is 1. The van der Waals surface area contributed by atoms with E-state index in [-0.39, 0.29) is 17.4 Å². The van der Waals surface area contributed by atoms with Crippen molar-refractivity contribution in [3.05, 3.63) is 24.5 Å². The fourth-order valence-electron chi connectivity index (χ4n) is 1.02. The van der Waals surface area contributed by atoms with Crippen LogP contribution in [-0.4, -0.2) is 40.5 Å². The second kappa shape index (κ2) is 6.12. The summed E-state index contributed by atoms with van der Waals surface area (Å²) >= 11 is 1.08. The molecule has 86 valence electrons. The standard InChI is InChI=1S/C10H12N2O3S/c1-12(8-3-2-4-11-5-8)9(13)6-16-7-10(14)15/h2-5H,6-7H2,1H3,(H,14,15). The Hall–Kier alpha value is -1.56. The number of carboxylic acids is 1. The van der Waals surface area contributed by atoms with E-state index in [4.69, 9.17) is 5.11 Å². The first-order valence-electron chi connectivity index (χ1n) is 4.57. The zero-order valence-corrected chi connectivity index (χ0v) is 9.61. The fourth-order valence-corrected chi connectivity index (χ4v) is 1.66. The smallest absolute Gasteiger partial charge is 0.313 e. The van der Waals surface area contributed by atoms with Crippen molar-refractivity contribution < 1.29 is 14.7 Å². The summed E-state index contributed by atoms with van der Waals surface area (Å²) in [6.07, 6.45) is 3.21. The summed E-state index contributed by atoms with van der Waals surface area (Å²) < 4.78 is 0. The van der Waals surface area contributed by atoms with Gasteiger partial charge in [0.2, 0.25) is 5.91 Å². The van der Waals surface area contributed by atoms with Gasteiger partial charge in [-0.2, -0.15) is 0 Å². The van der Waals surface area contributed by atoms with Crippen molar-refractivity contribution in [2.75, 3.05) is 23.5 Å². The van der Waals surface area contributed by atoms with Gasteiger partial charge in [-0.3, -0.25) is 14.6 Å². The lowest BCUT2D eigenvalue weighted by Crippen LogP contribution is -2.28. The zero-order chi connectivity index (χ0) is 12.0. The number of rotatable bonds is 5. The van der Waals surface area contributed by atoms with Crippen molar-refractivity contribution in [3.8, 4) is 0 Å². The molecule has 0 unspecified atom stereocenters. The number of hydrogen-bond donors (Lipinski definition) is 1. The van der Waals surface area contributed by atoms with Crippen molar-refractivity contribution in [2.45, 2.75) is 0 Å². The molecule has 1 N–H and O–H groups in total. The topological polar surface area (TPSA) is 70.5 Å². The predicted octanol–water partition coefficient (Wildman–Crippen LogP) is 0.862. The monoisotopic (exact) mass is 240 g/mol. The van der Waals surface area contributed by atoms with Crippen LogP contribution in [0.15, 0.2) is 24.5 Å². The van der Waals surface area contributed by atoms with Gasteiger partial charge in [-0.15, -0.1) is 11.8 Å². The molecule has 0 atom stereocenters. The molecule has 0 aliphatic carbocycles. The molecule has 5 nitrogen and oxygen atoms in total. The highest BCUT2D eigenvalue weighted by Gasteiger charge is 2.11. The minimum absolute atomic E-state index is 0.0629. The molecule has 16 heavy (non-hydrogen) atoms. The van der Waals surface area contributed by atoms with Gasteiger partial charge in [0.1, 0.15) is 0 Å². The Kier molecular flexibility index (Phi) is 4.78. The SMILES string of the molecule is CN(C(=O)CSCC(=O)O)c1cccnc1. The summed E-state index contributed by atoms with van der Waals surface area (Å²) in [6, 6.07) is 3.51. The van der Waals surface area contributed by atoms with E-state index in [0.717, 1.165) is 11.8 Å². The van der Waals surface area contributed by atoms with Crippen molar-refractivity contribution in [1.82, 2.24) is 4.98 Å². The maximum absolute atomic E-state index is 11.6. The number of aromatic nitrogens is 1. The second-order valence-electron chi connectivity index (χ2n) is 3.05. The van der Waals surface area contributed by atoms with E-state index in [9.17, 15) is 9.59 Å². The molecule has 1 aromatic rings. The molecular weight excluding hydrogens is 228 g/mol. The normalized spacial score (nSPS) is 9.81. The first-order valence-corrected chi connectivity index (χ1v) is 5.73. The van der Waals surface area contributed by atoms with E-state index >= 15 is 0 Å². The molecular formula is C10H12N2O3S. The van der Waals surface area contributed by atoms with E-state index < -0.39 is 5.97 Å². The molecule has 0 fully saturated rings. The maximum atomic E-state index is 11.6. The van der Waals surface area contributed by atoms with Gasteiger partial charge in [0.05, 0.1) is 23.4 Å². The van der Waals surface area contributed by atoms with Crippen LogP contribution in [0.2, 0.25) is 0 Å². The van der Waals surface area contributed by atoms with Crippen LogP contribution >= 0.6 is 11.8 Å². The Bertz CT molecular complexity index is 370. The molecule has 1 rings (SSSR count). The van der Waals surface area contributed by atoms with Crippen molar-refractivity contribution in [3.63, 3.8) is 0 Å². The quantitative estimate of drug-likeness (QED) is 0.826. The van der Waals surface area contributed by atoms with Gasteiger partial charge in [0.25, 0.3) is 0 Å². The third-order valence-electron chi connectivity index (χ3n) is 1.86. The van der Waals surface area contributed by atoms with Crippen LogP contribution in [0.3, 0.4) is 0 Å². The molecule has 0 aliphatic rings. The lowest BCUT2D eigenvalue weighted by molar-refractivity contribution is -0.133. The predicted molar refractivity (Wildman–Crippen MR) is 62.6 cm³/mol. The largest absolute Gasteiger partial charge is 0.481 e. The molecule has 1 amide bonds. The lowest BCUT2D eigenvalue weighted by atomic mass is 10.4. The number of carbonyl (C=O) groups is 2. The molecule has 0 saturated heterocycles. The number of carbonyl (C=O) groups excluding carboxylic acids is 1. The third kappa shape index (κ3) is 3.90. The van der Waals surface area contributed by atoms with E-state index in [1.165, 1.54) is 4.90 Å². The Morgan fingerprint density at radius 1 is 1.50 bits per heavy atom. The number of amides is 1. The van der Waals surface area contributed by atoms with Gasteiger partial charge in [-0.25, -0.2) is 0 Å². The summed E-state index contributed by atoms with van der Waals surface area (Å²) in [5.74, 6) is -0.967. The molecule has 1 aromatic heterocycles. The van der Waals surface area contributed by atoms with Crippen LogP contribution in [0, 0.1) is 0 Å². The number of thioether (sulfide) groups is 1. The van der Waals surface area contributed by atoms with E-state index in [1.807, 2.05) is 0 Å². The van der Waals surface area contributed by atoms with Gasteiger partial charge in [0, 0.05) is 13.2 Å². The molecule has 0 spiro atoms. The van der Waals surface area contributed by atoms with E-state index in [2.05, 4.69) is 4.98 Å². The highest BCUT2D eigenvalue weighted by atomic mass is 32.2. The third-order valence-corrected chi connectivity index (χ3v) is 2.76. The second-order valence-corrected chi connectivity index (χ2v) is 4.04. The molecule has 0 aromatic carbocycles. The zero-order valence-electron chi connectivity index (χ0n) is 8.79. The Morgan fingerprint density at radius 2 is 2.25 bits per heavy atom. The number of hydrogen-bond acceptors (Lipinski definition) is 4. The van der Waals surface area contributed by atoms with Gasteiger partial charge >= 0.3 is 5.97 Å². The fraction of sp³-hybridized carbons (Fsp3) is 0.300. The van der Waals surface area contributed by atoms with Crippen molar-refractivity contribution in [1.29, 1.82) is 0 Å². The van der Waals surface area contributed by atoms with Crippen molar-refractivity contribution >= 4 is 29.3 Å². The van der Waals surface area contributed by atoms with E-state index in [0.29, 0.717) is 5.69 Å². The number of pyridine rings is 1. The summed E-state index contributed by atoms with van der Waals surface area (Å²) in [6.45, 7) is 0. The Labute approximate surface area is 97.5 Å². The lowest BCUT2D eigenvalue weighted by Gasteiger charge is -2.16. The summed E-state index contributed by atoms with van der Waals surface area (Å²) in [7, 11) is 1.64. The minimum atomic E-state index is -0.915. The summed E-state index contributed by atoms with van der Waals surface area (Å²) in [5, 5.41) is 8.43. The molecule has 6 heteroatoms. The Balaban J connectivity index is 2.45. The van der Waals surface area contributed by atoms with Crippen LogP contribution < -0.4 is 4.90 Å². The summed E-state index contributed by atoms with van der Waals surface area (Å²) in [5.41, 5.74) is 0.698. The van der Waals surface area contributed by atoms with Crippen molar-refractivity contribution in [2.24, 2.45) is 0 Å². The van der Waals surface area contributed by atoms with Gasteiger partial charge < -0.3 is 10.0 Å². The van der Waals surface area contributed by atoms with Crippen LogP contribution in [0.1, 0.15) is 0 Å². The molecule has 0 saturated carbocycles. The van der Waals surface area contributed by atoms with Crippen LogP contribution in [0.4, 0.5) is 5.69 Å². The molecule has 1 heterocycles. The highest BCUT2D eigenvalue weighted by molar-refractivity contribution is 8.00. The van der Waals surface area contributed by atoms with Crippen LogP contribution in [0.25, 0.3) is 0 Å². The molecule has 0 bridgehead atoms. The molecule has 0 aliphatic heterocycles. The van der Waals surface area contributed by atoms with Gasteiger partial charge in [-0.1, -0.05) is 0 Å². The number of carboxylic acid groups (broad SMARTS) is 1. The average Bonchev–Trinajstić information content (AvgIpc) is 2.28. The Morgan fingerprint density at radius 3 is 2.81 bits per heavy atom. The van der Waals surface area contributed by atoms with E-state index in [1.54, 1.807) is 31.6 Å². The number of anilines is 1. The van der Waals surface area contributed by atoms with Crippen LogP contribution in [0.5, 0.6) is 0 Å². The molecule has 0 radical (unpaired) electrons. The first kappa shape index (κ1) is 12.5. The first-order chi connectivity index (χ1) is 7.61. The average molecular weight is 240 g/mol.